The molecular formula is C22H17N3O3S2. The van der Waals surface area contributed by atoms with Gasteiger partial charge in [0.15, 0.2) is 0 Å². The molecular weight excluding hydrogens is 418 g/mol. The highest BCUT2D eigenvalue weighted by molar-refractivity contribution is 7.92. The molecule has 6 nitrogen and oxygen atoms in total. The number of thiazole rings is 1. The summed E-state index contributed by atoms with van der Waals surface area (Å²) in [4.78, 5) is 17.1. The third kappa shape index (κ3) is 4.56. The van der Waals surface area contributed by atoms with Gasteiger partial charge >= 0.3 is 0 Å². The Labute approximate surface area is 178 Å². The molecule has 150 valence electrons. The topological polar surface area (TPSA) is 88.2 Å². The maximum atomic E-state index is 12.7. The van der Waals surface area contributed by atoms with E-state index >= 15 is 0 Å². The van der Waals surface area contributed by atoms with Gasteiger partial charge in [0.2, 0.25) is 0 Å². The molecule has 0 bridgehead atoms. The van der Waals surface area contributed by atoms with Crippen LogP contribution in [-0.4, -0.2) is 19.3 Å². The average Bonchev–Trinajstić information content (AvgIpc) is 3.29. The van der Waals surface area contributed by atoms with E-state index in [1.165, 1.54) is 29.5 Å². The maximum Gasteiger partial charge on any atom is 0.261 e. The molecule has 0 aliphatic carbocycles. The maximum absolute atomic E-state index is 12.7. The Hall–Kier alpha value is -3.49. The number of nitrogens with one attached hydrogen (secondary N) is 2. The van der Waals surface area contributed by atoms with Gasteiger partial charge in [0.1, 0.15) is 5.01 Å². The van der Waals surface area contributed by atoms with Crippen LogP contribution in [0.25, 0.3) is 10.6 Å². The normalized spacial score (nSPS) is 11.1. The second kappa shape index (κ2) is 8.48. The molecule has 0 radical (unpaired) electrons. The second-order valence-electron chi connectivity index (χ2n) is 6.37. The lowest BCUT2D eigenvalue weighted by molar-refractivity contribution is 0.102. The summed E-state index contributed by atoms with van der Waals surface area (Å²) in [5.74, 6) is -0.341. The smallest absolute Gasteiger partial charge is 0.261 e. The third-order valence-corrected chi connectivity index (χ3v) is 6.45. The lowest BCUT2D eigenvalue weighted by Crippen LogP contribution is -2.15. The zero-order valence-electron chi connectivity index (χ0n) is 15.6. The number of amides is 1. The van der Waals surface area contributed by atoms with Crippen LogP contribution in [-0.2, 0) is 10.0 Å². The standard InChI is InChI=1S/C22H17N3O3S2/c26-21(24-18-8-5-7-17(15-18)22-23-12-13-29-22)16-6-4-9-19(14-16)25-30(27,28)20-10-2-1-3-11-20/h1-15,25H,(H,24,26). The first-order chi connectivity index (χ1) is 14.5. The lowest BCUT2D eigenvalue weighted by atomic mass is 10.1. The van der Waals surface area contributed by atoms with E-state index in [0.717, 1.165) is 10.6 Å². The molecule has 30 heavy (non-hydrogen) atoms. The van der Waals surface area contributed by atoms with E-state index in [1.54, 1.807) is 48.7 Å². The number of hydrogen-bond donors (Lipinski definition) is 2. The fourth-order valence-electron chi connectivity index (χ4n) is 2.84. The van der Waals surface area contributed by atoms with Gasteiger partial charge in [-0.1, -0.05) is 36.4 Å². The molecule has 0 aliphatic heterocycles. The van der Waals surface area contributed by atoms with Crippen LogP contribution in [0.3, 0.4) is 0 Å². The molecule has 0 atom stereocenters. The predicted octanol–water partition coefficient (Wildman–Crippen LogP) is 4.86. The number of carbonyl (C=O) groups excluding carboxylic acids is 1. The van der Waals surface area contributed by atoms with Crippen molar-refractivity contribution in [2.24, 2.45) is 0 Å². The highest BCUT2D eigenvalue weighted by Crippen LogP contribution is 2.25. The average molecular weight is 436 g/mol. The largest absolute Gasteiger partial charge is 0.322 e. The Kier molecular flexibility index (Phi) is 5.60. The molecule has 1 heterocycles. The molecule has 2 N–H and O–H groups in total. The van der Waals surface area contributed by atoms with Crippen LogP contribution < -0.4 is 10.0 Å². The van der Waals surface area contributed by atoms with Gasteiger partial charge in [-0.05, 0) is 42.5 Å². The van der Waals surface area contributed by atoms with Crippen LogP contribution in [0.5, 0.6) is 0 Å². The van der Waals surface area contributed by atoms with Crippen molar-refractivity contribution in [3.8, 4) is 10.6 Å². The highest BCUT2D eigenvalue weighted by atomic mass is 32.2. The summed E-state index contributed by atoms with van der Waals surface area (Å²) in [5, 5.41) is 5.60. The quantitative estimate of drug-likeness (QED) is 0.453. The minimum absolute atomic E-state index is 0.152. The lowest BCUT2D eigenvalue weighted by Gasteiger charge is -2.10. The molecule has 3 aromatic carbocycles. The van der Waals surface area contributed by atoms with E-state index in [-0.39, 0.29) is 10.8 Å². The number of rotatable bonds is 6. The van der Waals surface area contributed by atoms with E-state index in [1.807, 2.05) is 23.6 Å². The Bertz CT molecular complexity index is 1270. The van der Waals surface area contributed by atoms with Crippen molar-refractivity contribution >= 4 is 38.6 Å². The van der Waals surface area contributed by atoms with Crippen molar-refractivity contribution in [2.75, 3.05) is 10.0 Å². The van der Waals surface area contributed by atoms with Crippen LogP contribution in [0, 0.1) is 0 Å². The SMILES string of the molecule is O=C(Nc1cccc(-c2nccs2)c1)c1cccc(NS(=O)(=O)c2ccccc2)c1. The van der Waals surface area contributed by atoms with E-state index in [4.69, 9.17) is 0 Å². The van der Waals surface area contributed by atoms with Gasteiger partial charge in [-0.3, -0.25) is 9.52 Å². The van der Waals surface area contributed by atoms with Crippen molar-refractivity contribution in [3.63, 3.8) is 0 Å². The summed E-state index contributed by atoms with van der Waals surface area (Å²) in [7, 11) is -3.73. The molecule has 0 saturated heterocycles. The van der Waals surface area contributed by atoms with Crippen molar-refractivity contribution in [2.45, 2.75) is 4.90 Å². The number of benzene rings is 3. The molecule has 8 heteroatoms. The van der Waals surface area contributed by atoms with Crippen LogP contribution in [0.1, 0.15) is 10.4 Å². The van der Waals surface area contributed by atoms with Crippen molar-refractivity contribution in [1.82, 2.24) is 4.98 Å². The van der Waals surface area contributed by atoms with Gasteiger partial charge in [-0.15, -0.1) is 11.3 Å². The zero-order valence-corrected chi connectivity index (χ0v) is 17.3. The fourth-order valence-corrected chi connectivity index (χ4v) is 4.54. The number of anilines is 2. The second-order valence-corrected chi connectivity index (χ2v) is 8.95. The van der Waals surface area contributed by atoms with Crippen molar-refractivity contribution in [1.29, 1.82) is 0 Å². The number of sulfonamides is 1. The fraction of sp³-hybridized carbons (Fsp3) is 0. The minimum Gasteiger partial charge on any atom is -0.322 e. The summed E-state index contributed by atoms with van der Waals surface area (Å²) in [6, 6.07) is 21.8. The molecule has 1 amide bonds. The number of carbonyl (C=O) groups is 1. The first-order valence-corrected chi connectivity index (χ1v) is 11.4. The Morgan fingerprint density at radius 2 is 1.63 bits per heavy atom. The first kappa shape index (κ1) is 19.8. The Morgan fingerprint density at radius 1 is 0.867 bits per heavy atom. The third-order valence-electron chi connectivity index (χ3n) is 4.23. The molecule has 1 aromatic heterocycles. The van der Waals surface area contributed by atoms with Crippen molar-refractivity contribution in [3.05, 3.63) is 96.0 Å². The zero-order chi connectivity index (χ0) is 21.0. The minimum atomic E-state index is -3.73. The molecule has 4 rings (SSSR count). The van der Waals surface area contributed by atoms with Crippen molar-refractivity contribution < 1.29 is 13.2 Å². The highest BCUT2D eigenvalue weighted by Gasteiger charge is 2.15. The van der Waals surface area contributed by atoms with E-state index < -0.39 is 10.0 Å². The number of nitrogens with zero attached hydrogens (tertiary/aromatic N) is 1. The molecule has 0 aliphatic rings. The molecule has 0 saturated carbocycles. The van der Waals surface area contributed by atoms with Crippen LogP contribution in [0.2, 0.25) is 0 Å². The first-order valence-electron chi connectivity index (χ1n) is 9.00. The number of hydrogen-bond acceptors (Lipinski definition) is 5. The Morgan fingerprint density at radius 3 is 2.40 bits per heavy atom. The van der Waals surface area contributed by atoms with Gasteiger partial charge in [0, 0.05) is 34.1 Å². The van der Waals surface area contributed by atoms with E-state index in [2.05, 4.69) is 15.0 Å². The van der Waals surface area contributed by atoms with Crippen LogP contribution in [0.15, 0.2) is 95.3 Å². The van der Waals surface area contributed by atoms with Gasteiger partial charge in [0.25, 0.3) is 15.9 Å². The molecule has 0 fully saturated rings. The molecule has 0 unspecified atom stereocenters. The van der Waals surface area contributed by atoms with Gasteiger partial charge in [-0.25, -0.2) is 13.4 Å². The van der Waals surface area contributed by atoms with Gasteiger partial charge < -0.3 is 5.32 Å². The summed E-state index contributed by atoms with van der Waals surface area (Å²) >= 11 is 1.52. The van der Waals surface area contributed by atoms with Gasteiger partial charge in [-0.2, -0.15) is 0 Å². The summed E-state index contributed by atoms with van der Waals surface area (Å²) < 4.78 is 27.5. The number of aromatic nitrogens is 1. The van der Waals surface area contributed by atoms with Crippen LogP contribution in [0.4, 0.5) is 11.4 Å². The van der Waals surface area contributed by atoms with Crippen LogP contribution >= 0.6 is 11.3 Å². The predicted molar refractivity (Wildman–Crippen MR) is 119 cm³/mol. The summed E-state index contributed by atoms with van der Waals surface area (Å²) in [5.41, 5.74) is 2.18. The monoisotopic (exact) mass is 435 g/mol. The van der Waals surface area contributed by atoms with E-state index in [0.29, 0.717) is 16.9 Å². The van der Waals surface area contributed by atoms with E-state index in [9.17, 15) is 13.2 Å². The molecule has 0 spiro atoms. The summed E-state index contributed by atoms with van der Waals surface area (Å²) in [6.07, 6.45) is 1.73. The van der Waals surface area contributed by atoms with Gasteiger partial charge in [0.05, 0.1) is 4.90 Å². The molecule has 4 aromatic rings. The Balaban J connectivity index is 1.51. The summed E-state index contributed by atoms with van der Waals surface area (Å²) in [6.45, 7) is 0.